The molecule has 0 radical (unpaired) electrons. The summed E-state index contributed by atoms with van der Waals surface area (Å²) in [4.78, 5) is 0. The van der Waals surface area contributed by atoms with Crippen molar-refractivity contribution < 1.29 is 33.3 Å². The van der Waals surface area contributed by atoms with Crippen LogP contribution in [-0.4, -0.2) is 0 Å². The molecular formula is C24H19ClO5. The van der Waals surface area contributed by atoms with E-state index in [1.54, 1.807) is 0 Å². The second-order valence-electron chi connectivity index (χ2n) is 6.55. The Morgan fingerprint density at radius 2 is 0.933 bits per heavy atom. The zero-order chi connectivity index (χ0) is 21.6. The Bertz CT molecular complexity index is 1010. The van der Waals surface area contributed by atoms with Crippen molar-refractivity contribution in [3.8, 4) is 33.8 Å². The molecule has 0 unspecified atom stereocenters. The first-order chi connectivity index (χ1) is 14.3. The van der Waals surface area contributed by atoms with Crippen LogP contribution in [0.3, 0.4) is 0 Å². The van der Waals surface area contributed by atoms with Gasteiger partial charge in [-0.1, -0.05) is 66.2 Å². The molecule has 4 aromatic rings. The molecule has 1 aromatic heterocycles. The van der Waals surface area contributed by atoms with Gasteiger partial charge >= 0.3 is 11.5 Å². The Hall–Kier alpha value is -3.06. The number of halogens is 1. The van der Waals surface area contributed by atoms with Crippen LogP contribution in [0, 0.1) is 17.2 Å². The molecule has 0 bridgehead atoms. The summed E-state index contributed by atoms with van der Waals surface area (Å²) in [6.45, 7) is 2.11. The summed E-state index contributed by atoms with van der Waals surface area (Å²) in [5, 5.41) is 0. The molecule has 0 atom stereocenters. The molecule has 0 spiro atoms. The van der Waals surface area contributed by atoms with Crippen LogP contribution >= 0.6 is 0 Å². The van der Waals surface area contributed by atoms with Gasteiger partial charge in [-0.3, -0.25) is 0 Å². The van der Waals surface area contributed by atoms with Crippen LogP contribution in [0.25, 0.3) is 33.8 Å². The molecule has 0 saturated carbocycles. The molecule has 152 valence electrons. The highest BCUT2D eigenvalue weighted by atomic mass is 35.7. The van der Waals surface area contributed by atoms with Crippen LogP contribution in [0.4, 0.5) is 0 Å². The zero-order valence-corrected chi connectivity index (χ0v) is 16.9. The minimum atomic E-state index is -4.94. The van der Waals surface area contributed by atoms with E-state index in [4.69, 9.17) is 23.1 Å². The first-order valence-electron chi connectivity index (χ1n) is 9.07. The van der Waals surface area contributed by atoms with Gasteiger partial charge in [0.05, 0.1) is 23.3 Å². The molecule has 0 aliphatic rings. The third kappa shape index (κ3) is 6.49. The lowest BCUT2D eigenvalue weighted by atomic mass is 10.0. The van der Waals surface area contributed by atoms with Crippen LogP contribution in [-0.2, 0) is 0 Å². The summed E-state index contributed by atoms with van der Waals surface area (Å²) in [6.07, 6.45) is 0. The van der Waals surface area contributed by atoms with Gasteiger partial charge in [-0.15, -0.1) is 10.2 Å². The van der Waals surface area contributed by atoms with Crippen LogP contribution < -0.4 is 18.6 Å². The van der Waals surface area contributed by atoms with E-state index in [1.165, 1.54) is 11.1 Å². The van der Waals surface area contributed by atoms with E-state index in [9.17, 15) is 0 Å². The Balaban J connectivity index is 0.000000461. The summed E-state index contributed by atoms with van der Waals surface area (Å²) < 4.78 is 40.2. The third-order valence-electron chi connectivity index (χ3n) is 4.29. The fourth-order valence-electron chi connectivity index (χ4n) is 2.90. The maximum Gasteiger partial charge on any atom is 0.361 e. The molecule has 0 amide bonds. The maximum atomic E-state index is 8.49. The smallest absolute Gasteiger partial charge is 0.222 e. The van der Waals surface area contributed by atoms with E-state index >= 15 is 0 Å². The average molecular weight is 423 g/mol. The fourth-order valence-corrected chi connectivity index (χ4v) is 2.90. The molecule has 0 saturated heterocycles. The molecule has 6 heteroatoms. The van der Waals surface area contributed by atoms with Crippen molar-refractivity contribution in [1.82, 2.24) is 0 Å². The van der Waals surface area contributed by atoms with Gasteiger partial charge in [-0.05, 0) is 36.8 Å². The largest absolute Gasteiger partial charge is 0.361 e. The molecular weight excluding hydrogens is 404 g/mol. The summed E-state index contributed by atoms with van der Waals surface area (Å²) in [5.41, 5.74) is 5.76. The molecule has 0 aliphatic heterocycles. The quantitative estimate of drug-likeness (QED) is 0.470. The number of aryl methyl sites for hydroxylation is 1. The lowest BCUT2D eigenvalue weighted by Gasteiger charge is -2.17. The van der Waals surface area contributed by atoms with Crippen molar-refractivity contribution in [2.45, 2.75) is 6.92 Å². The number of hydrogen-bond acceptors (Lipinski definition) is 4. The van der Waals surface area contributed by atoms with Gasteiger partial charge in [0, 0.05) is 5.56 Å². The molecule has 0 fully saturated rings. The van der Waals surface area contributed by atoms with Crippen LogP contribution in [0.5, 0.6) is 0 Å². The highest BCUT2D eigenvalue weighted by molar-refractivity contribution is 5.74. The van der Waals surface area contributed by atoms with Gasteiger partial charge in [0.25, 0.3) is 0 Å². The van der Waals surface area contributed by atoms with E-state index < -0.39 is 10.2 Å². The van der Waals surface area contributed by atoms with Gasteiger partial charge in [0.1, 0.15) is 0 Å². The van der Waals surface area contributed by atoms with E-state index in [0.29, 0.717) is 0 Å². The normalized spacial score (nSPS) is 10.8. The van der Waals surface area contributed by atoms with E-state index in [2.05, 4.69) is 67.6 Å². The molecule has 5 nitrogen and oxygen atoms in total. The van der Waals surface area contributed by atoms with Crippen molar-refractivity contribution in [3.05, 3.63) is 103 Å². The molecule has 3 aromatic carbocycles. The Morgan fingerprint density at radius 3 is 1.33 bits per heavy atom. The zero-order valence-electron chi connectivity index (χ0n) is 16.2. The second kappa shape index (κ2) is 9.63. The monoisotopic (exact) mass is 422 g/mol. The Morgan fingerprint density at radius 1 is 0.533 bits per heavy atom. The van der Waals surface area contributed by atoms with E-state index in [-0.39, 0.29) is 0 Å². The second-order valence-corrected chi connectivity index (χ2v) is 7.31. The summed E-state index contributed by atoms with van der Waals surface area (Å²) in [6, 6.07) is 33.3. The lowest BCUT2D eigenvalue weighted by Crippen LogP contribution is -2.68. The average Bonchev–Trinajstić information content (AvgIpc) is 2.74. The van der Waals surface area contributed by atoms with Gasteiger partial charge in [0.15, 0.2) is 0 Å². The van der Waals surface area contributed by atoms with Crippen molar-refractivity contribution in [2.24, 2.45) is 0 Å². The predicted molar refractivity (Wildman–Crippen MR) is 104 cm³/mol. The fraction of sp³-hybridized carbons (Fsp3) is 0.0417. The van der Waals surface area contributed by atoms with Crippen molar-refractivity contribution >= 4 is 0 Å². The third-order valence-corrected chi connectivity index (χ3v) is 4.29. The minimum Gasteiger partial charge on any atom is -0.222 e. The van der Waals surface area contributed by atoms with Crippen LogP contribution in [0.1, 0.15) is 5.56 Å². The highest BCUT2D eigenvalue weighted by Gasteiger charge is 2.20. The van der Waals surface area contributed by atoms with Crippen molar-refractivity contribution in [2.75, 3.05) is 0 Å². The predicted octanol–water partition coefficient (Wildman–Crippen LogP) is 2.11. The first-order valence-corrected chi connectivity index (χ1v) is 10.3. The highest BCUT2D eigenvalue weighted by Crippen LogP contribution is 2.32. The van der Waals surface area contributed by atoms with Crippen LogP contribution in [0.15, 0.2) is 101 Å². The van der Waals surface area contributed by atoms with Gasteiger partial charge in [-0.2, -0.15) is 0 Å². The molecule has 0 N–H and O–H groups in total. The lowest BCUT2D eigenvalue weighted by molar-refractivity contribution is -2.00. The van der Waals surface area contributed by atoms with E-state index in [1.807, 2.05) is 36.4 Å². The van der Waals surface area contributed by atoms with Gasteiger partial charge < -0.3 is 0 Å². The Kier molecular flexibility index (Phi) is 6.95. The first kappa shape index (κ1) is 21.6. The molecule has 1 heterocycles. The van der Waals surface area contributed by atoms with Crippen molar-refractivity contribution in [1.29, 1.82) is 0 Å². The number of benzene rings is 3. The molecule has 30 heavy (non-hydrogen) atoms. The summed E-state index contributed by atoms with van der Waals surface area (Å²) in [5.74, 6) is 1.75. The Labute approximate surface area is 176 Å². The van der Waals surface area contributed by atoms with Gasteiger partial charge in [-0.25, -0.2) is 23.1 Å². The van der Waals surface area contributed by atoms with E-state index in [0.717, 1.165) is 28.2 Å². The van der Waals surface area contributed by atoms with Crippen molar-refractivity contribution in [3.63, 3.8) is 0 Å². The SMILES string of the molecule is Cc1ccc(-c2cc(-c3ccccc3)[o+]c(-c3ccccc3)c2)cc1.[O-][Cl+3]([O-])([O-])[O-]. The minimum absolute atomic E-state index is 0.873. The van der Waals surface area contributed by atoms with Gasteiger partial charge in [0.2, 0.25) is 0 Å². The number of hydrogen-bond donors (Lipinski definition) is 0. The topological polar surface area (TPSA) is 104 Å². The molecule has 0 aliphatic carbocycles. The molecule has 4 rings (SSSR count). The maximum absolute atomic E-state index is 8.49. The number of rotatable bonds is 3. The summed E-state index contributed by atoms with van der Waals surface area (Å²) >= 11 is 0. The summed E-state index contributed by atoms with van der Waals surface area (Å²) in [7, 11) is -4.94. The standard InChI is InChI=1S/C24H19O.ClHO4/c1-18-12-14-19(15-13-18)22-16-23(20-8-4-2-5-9-20)25-24(17-22)21-10-6-3-7-11-21;2-1(3,4)5/h2-17H,1H3;(H,2,3,4,5)/q+1;/p-1. The van der Waals surface area contributed by atoms with Crippen LogP contribution in [0.2, 0.25) is 0 Å².